The van der Waals surface area contributed by atoms with Crippen LogP contribution in [-0.2, 0) is 0 Å². The highest BCUT2D eigenvalue weighted by Gasteiger charge is 2.19. The van der Waals surface area contributed by atoms with Crippen molar-refractivity contribution in [1.29, 1.82) is 10.8 Å². The van der Waals surface area contributed by atoms with E-state index in [0.29, 0.717) is 0 Å². The number of nitrogens with zero attached hydrogens (tertiary/aromatic N) is 1. The summed E-state index contributed by atoms with van der Waals surface area (Å²) in [5, 5.41) is 17.0. The lowest BCUT2D eigenvalue weighted by Crippen LogP contribution is -2.15. The van der Waals surface area contributed by atoms with Gasteiger partial charge in [0.05, 0.1) is 11.4 Å². The third kappa shape index (κ3) is 6.93. The van der Waals surface area contributed by atoms with Crippen molar-refractivity contribution in [3.8, 4) is 33.4 Å². The number of nitrogen functional groups attached to an aromatic ring is 1. The molecule has 1 heterocycles. The zero-order chi connectivity index (χ0) is 31.0. The van der Waals surface area contributed by atoms with E-state index < -0.39 is 0 Å². The number of nitrogens with one attached hydrogen (secondary N) is 2. The molecular weight excluding hydrogens is 548 g/mol. The summed E-state index contributed by atoms with van der Waals surface area (Å²) in [6.07, 6.45) is 7.43. The van der Waals surface area contributed by atoms with Gasteiger partial charge >= 0.3 is 0 Å². The van der Waals surface area contributed by atoms with Gasteiger partial charge in [-0.05, 0) is 92.6 Å². The van der Waals surface area contributed by atoms with Gasteiger partial charge in [-0.1, -0.05) is 115 Å². The third-order valence-electron chi connectivity index (χ3n) is 7.63. The summed E-state index contributed by atoms with van der Waals surface area (Å²) in [7, 11) is 0. The standard InChI is InChI=1S/C30H22N2.C11H10N2/c31-29-20-27(25-15-7-13-23(17-25)21-9-3-1-4-10-21)19-28(30(29)32)26-16-8-14-24(18-26)22-11-5-2-6-12-22;12-11-5-3-9(4-6-11)10-2-1-7-13-8-10/h1-20,31-32H;1-8H,12H2. The van der Waals surface area contributed by atoms with E-state index in [2.05, 4.69) is 59.6 Å². The number of benzene rings is 5. The molecule has 0 amide bonds. The topological polar surface area (TPSA) is 86.6 Å². The van der Waals surface area contributed by atoms with Crippen molar-refractivity contribution in [2.75, 3.05) is 5.73 Å². The first-order chi connectivity index (χ1) is 22.0. The van der Waals surface area contributed by atoms with Crippen molar-refractivity contribution in [3.63, 3.8) is 0 Å². The molecule has 0 unspecified atom stereocenters. The van der Waals surface area contributed by atoms with Crippen LogP contribution in [0, 0.1) is 10.8 Å². The molecule has 0 saturated heterocycles. The van der Waals surface area contributed by atoms with Gasteiger partial charge < -0.3 is 5.73 Å². The molecular formula is C41H32N4. The fourth-order valence-electron chi connectivity index (χ4n) is 5.25. The second-order valence-corrected chi connectivity index (χ2v) is 10.7. The Hall–Kier alpha value is -6.13. The molecule has 4 heteroatoms. The van der Waals surface area contributed by atoms with Crippen LogP contribution in [0.5, 0.6) is 0 Å². The molecule has 4 N–H and O–H groups in total. The quantitative estimate of drug-likeness (QED) is 0.140. The van der Waals surface area contributed by atoms with Gasteiger partial charge in [0.2, 0.25) is 0 Å². The van der Waals surface area contributed by atoms with Crippen molar-refractivity contribution >= 4 is 28.3 Å². The molecule has 5 aromatic carbocycles. The van der Waals surface area contributed by atoms with Crippen LogP contribution in [0.4, 0.5) is 5.69 Å². The molecule has 1 aromatic heterocycles. The maximum atomic E-state index is 8.56. The average Bonchev–Trinajstić information content (AvgIpc) is 3.11. The molecule has 0 aliphatic heterocycles. The zero-order valence-corrected chi connectivity index (χ0v) is 24.7. The summed E-state index contributed by atoms with van der Waals surface area (Å²) < 4.78 is 0. The van der Waals surface area contributed by atoms with Crippen LogP contribution in [0.1, 0.15) is 11.1 Å². The zero-order valence-electron chi connectivity index (χ0n) is 24.7. The van der Waals surface area contributed by atoms with Gasteiger partial charge in [0.1, 0.15) is 0 Å². The highest BCUT2D eigenvalue weighted by molar-refractivity contribution is 6.61. The maximum absolute atomic E-state index is 8.56. The summed E-state index contributed by atoms with van der Waals surface area (Å²) >= 11 is 0. The SMILES string of the molecule is N=C1C=C(c2cccc(-c3ccccc3)c2)C=C(c2cccc(-c3ccccc3)c2)C1=N.Nc1ccc(-c2cccnc2)cc1. The van der Waals surface area contributed by atoms with Crippen molar-refractivity contribution in [2.24, 2.45) is 0 Å². The molecule has 0 spiro atoms. The van der Waals surface area contributed by atoms with Gasteiger partial charge in [-0.2, -0.15) is 0 Å². The molecule has 4 nitrogen and oxygen atoms in total. The fraction of sp³-hybridized carbons (Fsp3) is 0. The van der Waals surface area contributed by atoms with Gasteiger partial charge in [-0.15, -0.1) is 0 Å². The molecule has 0 radical (unpaired) electrons. The summed E-state index contributed by atoms with van der Waals surface area (Å²) in [5.74, 6) is 0. The van der Waals surface area contributed by atoms with Gasteiger partial charge in [0.15, 0.2) is 0 Å². The Bertz CT molecular complexity index is 2010. The molecule has 0 fully saturated rings. The summed E-state index contributed by atoms with van der Waals surface area (Å²) in [4.78, 5) is 4.05. The average molecular weight is 581 g/mol. The lowest BCUT2D eigenvalue weighted by atomic mass is 9.86. The number of nitrogens with two attached hydrogens (primary N) is 1. The number of aromatic nitrogens is 1. The van der Waals surface area contributed by atoms with Crippen molar-refractivity contribution < 1.29 is 0 Å². The van der Waals surface area contributed by atoms with Crippen LogP contribution in [0.3, 0.4) is 0 Å². The van der Waals surface area contributed by atoms with Gasteiger partial charge in [0, 0.05) is 23.7 Å². The number of anilines is 1. The lowest BCUT2D eigenvalue weighted by molar-refractivity contribution is 1.33. The largest absolute Gasteiger partial charge is 0.399 e. The molecule has 1 aliphatic rings. The summed E-state index contributed by atoms with van der Waals surface area (Å²) in [5.41, 5.74) is 17.4. The second-order valence-electron chi connectivity index (χ2n) is 10.7. The maximum Gasteiger partial charge on any atom is 0.0867 e. The molecule has 216 valence electrons. The van der Waals surface area contributed by atoms with E-state index in [0.717, 1.165) is 61.3 Å². The van der Waals surface area contributed by atoms with E-state index in [-0.39, 0.29) is 11.4 Å². The third-order valence-corrected chi connectivity index (χ3v) is 7.63. The van der Waals surface area contributed by atoms with Crippen LogP contribution in [-0.4, -0.2) is 16.4 Å². The van der Waals surface area contributed by atoms with E-state index in [4.69, 9.17) is 16.6 Å². The molecule has 1 aliphatic carbocycles. The van der Waals surface area contributed by atoms with Crippen LogP contribution in [0.25, 0.3) is 44.5 Å². The summed E-state index contributed by atoms with van der Waals surface area (Å²) in [6, 6.07) is 48.8. The Balaban J connectivity index is 0.000000229. The van der Waals surface area contributed by atoms with Crippen molar-refractivity contribution in [1.82, 2.24) is 4.98 Å². The predicted octanol–water partition coefficient (Wildman–Crippen LogP) is 9.87. The number of allylic oxidation sites excluding steroid dienone is 4. The number of rotatable bonds is 5. The van der Waals surface area contributed by atoms with Crippen LogP contribution in [0.2, 0.25) is 0 Å². The highest BCUT2D eigenvalue weighted by atomic mass is 14.6. The Morgan fingerprint density at radius 3 is 1.56 bits per heavy atom. The molecule has 7 rings (SSSR count). The normalized spacial score (nSPS) is 12.4. The first-order valence-electron chi connectivity index (χ1n) is 14.7. The minimum Gasteiger partial charge on any atom is -0.399 e. The predicted molar refractivity (Wildman–Crippen MR) is 189 cm³/mol. The Morgan fingerprint density at radius 2 is 0.956 bits per heavy atom. The van der Waals surface area contributed by atoms with Crippen molar-refractivity contribution in [3.05, 3.63) is 181 Å². The highest BCUT2D eigenvalue weighted by Crippen LogP contribution is 2.32. The minimum atomic E-state index is 0.229. The Labute approximate surface area is 263 Å². The van der Waals surface area contributed by atoms with E-state index >= 15 is 0 Å². The van der Waals surface area contributed by atoms with Crippen LogP contribution < -0.4 is 5.73 Å². The first kappa shape index (κ1) is 29.0. The second kappa shape index (κ2) is 13.4. The van der Waals surface area contributed by atoms with Gasteiger partial charge in [0.25, 0.3) is 0 Å². The van der Waals surface area contributed by atoms with E-state index in [1.54, 1.807) is 12.3 Å². The van der Waals surface area contributed by atoms with Gasteiger partial charge in [-0.3, -0.25) is 15.8 Å². The monoisotopic (exact) mass is 580 g/mol. The molecule has 0 atom stereocenters. The van der Waals surface area contributed by atoms with Crippen molar-refractivity contribution in [2.45, 2.75) is 0 Å². The molecule has 0 saturated carbocycles. The molecule has 6 aromatic rings. The minimum absolute atomic E-state index is 0.229. The summed E-state index contributed by atoms with van der Waals surface area (Å²) in [6.45, 7) is 0. The van der Waals surface area contributed by atoms with Crippen LogP contribution in [0.15, 0.2) is 170 Å². The molecule has 45 heavy (non-hydrogen) atoms. The first-order valence-corrected chi connectivity index (χ1v) is 14.7. The van der Waals surface area contributed by atoms with Gasteiger partial charge in [-0.25, -0.2) is 0 Å². The lowest BCUT2D eigenvalue weighted by Gasteiger charge is -2.18. The van der Waals surface area contributed by atoms with Crippen LogP contribution >= 0.6 is 0 Å². The van der Waals surface area contributed by atoms with E-state index in [9.17, 15) is 0 Å². The fourth-order valence-corrected chi connectivity index (χ4v) is 5.25. The Kier molecular flexibility index (Phi) is 8.66. The van der Waals surface area contributed by atoms with E-state index in [1.807, 2.05) is 103 Å². The van der Waals surface area contributed by atoms with E-state index in [1.165, 1.54) is 0 Å². The number of hydrogen-bond acceptors (Lipinski definition) is 4. The number of hydrogen-bond donors (Lipinski definition) is 3. The number of pyridine rings is 1. The molecule has 0 bridgehead atoms. The smallest absolute Gasteiger partial charge is 0.0867 e. The Morgan fingerprint density at radius 1 is 0.444 bits per heavy atom.